The van der Waals surface area contributed by atoms with Crippen molar-refractivity contribution in [3.8, 4) is 0 Å². The molecule has 0 aromatic rings. The van der Waals surface area contributed by atoms with Crippen LogP contribution in [0.4, 0.5) is 0 Å². The fraction of sp³-hybridized carbons (Fsp3) is 0.833. The maximum absolute atomic E-state index is 12.8. The first kappa shape index (κ1) is 62.1. The van der Waals surface area contributed by atoms with Gasteiger partial charge in [0.25, 0.3) is 5.91 Å². The summed E-state index contributed by atoms with van der Waals surface area (Å²) in [5, 5.41) is 52.6. The first-order chi connectivity index (χ1) is 30.0. The van der Waals surface area contributed by atoms with Gasteiger partial charge in [-0.2, -0.15) is 0 Å². The van der Waals surface area contributed by atoms with Crippen molar-refractivity contribution in [2.24, 2.45) is 10.8 Å². The number of thioether (sulfide) groups is 2. The third kappa shape index (κ3) is 30.9. The Hall–Kier alpha value is -2.90. The second-order valence-electron chi connectivity index (χ2n) is 18.7. The summed E-state index contributed by atoms with van der Waals surface area (Å²) in [6.45, 7) is 20.1. The molecule has 0 saturated carbocycles. The molecule has 23 heteroatoms. The molecule has 0 aliphatic carbocycles. The summed E-state index contributed by atoms with van der Waals surface area (Å²) >= 11 is 2.15. The van der Waals surface area contributed by atoms with Gasteiger partial charge in [-0.3, -0.25) is 34.1 Å². The van der Waals surface area contributed by atoms with Gasteiger partial charge in [-0.15, -0.1) is 23.5 Å². The Morgan fingerprint density at radius 2 is 1.26 bits per heavy atom. The number of carboxylic acids is 2. The monoisotopic (exact) mass is 986 g/mol. The Morgan fingerprint density at radius 1 is 0.723 bits per heavy atom. The van der Waals surface area contributed by atoms with Crippen molar-refractivity contribution in [1.82, 2.24) is 31.3 Å². The number of aliphatic carboxylic acids is 2. The van der Waals surface area contributed by atoms with Gasteiger partial charge in [0, 0.05) is 67.4 Å². The smallest absolute Gasteiger partial charge is 0.327 e. The van der Waals surface area contributed by atoms with Crippen molar-refractivity contribution in [2.45, 2.75) is 137 Å². The molecule has 0 aromatic heterocycles. The number of ether oxygens (including phenoxy) is 2. The fourth-order valence-electron chi connectivity index (χ4n) is 5.30. The molecule has 20 nitrogen and oxygen atoms in total. The molecule has 0 fully saturated rings. The van der Waals surface area contributed by atoms with Crippen molar-refractivity contribution in [2.75, 3.05) is 74.8 Å². The van der Waals surface area contributed by atoms with Crippen molar-refractivity contribution in [3.05, 3.63) is 0 Å². The summed E-state index contributed by atoms with van der Waals surface area (Å²) in [5.41, 5.74) is -1.93. The summed E-state index contributed by atoms with van der Waals surface area (Å²) in [5.74, 6) is -4.50. The molecular formula is C42H78N6O14S3. The summed E-state index contributed by atoms with van der Waals surface area (Å²) in [6.07, 6.45) is -1.99. The van der Waals surface area contributed by atoms with E-state index in [0.717, 1.165) is 18.2 Å². The van der Waals surface area contributed by atoms with Crippen molar-refractivity contribution in [1.29, 1.82) is 0 Å². The van der Waals surface area contributed by atoms with Gasteiger partial charge >= 0.3 is 11.9 Å². The molecule has 0 rings (SSSR count). The van der Waals surface area contributed by atoms with Gasteiger partial charge in [-0.05, 0) is 52.4 Å². The molecule has 0 aromatic carbocycles. The van der Waals surface area contributed by atoms with Gasteiger partial charge < -0.3 is 51.2 Å². The van der Waals surface area contributed by atoms with E-state index in [4.69, 9.17) is 9.47 Å². The quantitative estimate of drug-likeness (QED) is 0.0381. The zero-order valence-electron chi connectivity index (χ0n) is 39.9. The van der Waals surface area contributed by atoms with Crippen LogP contribution in [0.25, 0.3) is 0 Å². The Kier molecular flexibility index (Phi) is 29.8. The number of nitrogens with one attached hydrogen (secondary N) is 6. The lowest BCUT2D eigenvalue weighted by molar-refractivity contribution is -0.142. The average molecular weight is 987 g/mol. The molecule has 0 aliphatic rings. The summed E-state index contributed by atoms with van der Waals surface area (Å²) < 4.78 is 26.7. The fourth-order valence-corrected chi connectivity index (χ4v) is 7.97. The van der Waals surface area contributed by atoms with Gasteiger partial charge in [-0.25, -0.2) is 13.7 Å². The van der Waals surface area contributed by atoms with Crippen LogP contribution in [0.3, 0.4) is 0 Å². The van der Waals surface area contributed by atoms with Gasteiger partial charge in [0.15, 0.2) is 6.10 Å². The van der Waals surface area contributed by atoms with E-state index in [-0.39, 0.29) is 90.4 Å². The van der Waals surface area contributed by atoms with E-state index in [1.165, 1.54) is 11.8 Å². The van der Waals surface area contributed by atoms with Crippen molar-refractivity contribution >= 4 is 75.9 Å². The largest absolute Gasteiger partial charge is 0.480 e. The maximum atomic E-state index is 12.8. The Labute approximate surface area is 395 Å². The van der Waals surface area contributed by atoms with Crippen LogP contribution < -0.4 is 31.3 Å². The predicted octanol–water partition coefficient (Wildman–Crippen LogP) is 0.591. The van der Waals surface area contributed by atoms with Gasteiger partial charge in [-0.1, -0.05) is 41.5 Å². The number of hydrogen-bond donors (Lipinski definition) is 10. The minimum absolute atomic E-state index is 0.0364. The number of carbonyl (C=O) groups excluding carboxylic acids is 5. The molecular weight excluding hydrogens is 909 g/mol. The second kappa shape index (κ2) is 31.2. The van der Waals surface area contributed by atoms with E-state index in [1.807, 2.05) is 55.4 Å². The molecule has 378 valence electrons. The summed E-state index contributed by atoms with van der Waals surface area (Å²) in [6, 6.07) is -2.08. The van der Waals surface area contributed by atoms with Crippen molar-refractivity contribution in [3.63, 3.8) is 0 Å². The minimum atomic E-state index is -1.83. The first-order valence-electron chi connectivity index (χ1n) is 21.7. The minimum Gasteiger partial charge on any atom is -0.480 e. The lowest BCUT2D eigenvalue weighted by Gasteiger charge is -2.29. The SMILES string of the molecule is CCC(C)(C)NC(CSCC(=O)NCCNS(=O)CCC(O)C(O)C(=O)NCCNC(=O)CSCC(NC(=O)CC(C)(C)OCCC(C)(C)COCCC(=O)C(C)(C)C)C(=O)O)C(=O)O. The van der Waals surface area contributed by atoms with Gasteiger partial charge in [0.2, 0.25) is 17.7 Å². The standard InChI is InChI=1S/C42H78N6O14S3/c1-11-41(7,8)48-29(38(58)59)24-64-26-34(53)44-17-18-46-65(60)21-13-30(49)35(54)36(55)45-16-15-43-33(52)25-63-23-28(37(56)57)47-32(51)22-42(9,10)62-20-14-40(5,6)27-61-19-12-31(50)39(2,3)4/h28-30,35,46,48-49,54H,11-27H2,1-10H3,(H,43,52)(H,44,53)(H,45,55)(H,47,51)(H,56,57)(H,58,59). The Morgan fingerprint density at radius 3 is 1.80 bits per heavy atom. The van der Waals surface area contributed by atoms with E-state index < -0.39 is 76.0 Å². The van der Waals surface area contributed by atoms with Crippen LogP contribution in [-0.4, -0.2) is 176 Å². The Bertz CT molecular complexity index is 1550. The molecule has 65 heavy (non-hydrogen) atoms. The molecule has 0 heterocycles. The topological polar surface area (TPSA) is 308 Å². The van der Waals surface area contributed by atoms with Crippen molar-refractivity contribution < 1.29 is 67.7 Å². The van der Waals surface area contributed by atoms with E-state index in [0.29, 0.717) is 32.7 Å². The third-order valence-corrected chi connectivity index (χ3v) is 13.0. The van der Waals surface area contributed by atoms with Crippen LogP contribution in [-0.2, 0) is 54.0 Å². The number of Topliss-reactive ketones (excluding diaryl/α,β-unsaturated/α-hetero) is 1. The van der Waals surface area contributed by atoms with E-state index in [1.54, 1.807) is 13.8 Å². The Balaban J connectivity index is 4.37. The van der Waals surface area contributed by atoms with E-state index >= 15 is 0 Å². The molecule has 0 spiro atoms. The number of carbonyl (C=O) groups is 7. The number of aliphatic hydroxyl groups is 2. The van der Waals surface area contributed by atoms with Crippen LogP contribution in [0, 0.1) is 10.8 Å². The highest BCUT2D eigenvalue weighted by molar-refractivity contribution is 8.00. The van der Waals surface area contributed by atoms with Crippen LogP contribution in [0.15, 0.2) is 0 Å². The molecule has 0 bridgehead atoms. The molecule has 10 N–H and O–H groups in total. The van der Waals surface area contributed by atoms with Gasteiger partial charge in [0.05, 0.1) is 53.8 Å². The van der Waals surface area contributed by atoms with E-state index in [2.05, 4.69) is 31.3 Å². The van der Waals surface area contributed by atoms with Crippen LogP contribution in [0.2, 0.25) is 0 Å². The zero-order valence-corrected chi connectivity index (χ0v) is 42.4. The van der Waals surface area contributed by atoms with Crippen LogP contribution >= 0.6 is 23.5 Å². The summed E-state index contributed by atoms with van der Waals surface area (Å²) in [7, 11) is -1.65. The second-order valence-corrected chi connectivity index (χ2v) is 22.1. The van der Waals surface area contributed by atoms with Crippen LogP contribution in [0.5, 0.6) is 0 Å². The third-order valence-electron chi connectivity index (χ3n) is 9.77. The molecule has 5 atom stereocenters. The lowest BCUT2D eigenvalue weighted by atomic mass is 9.89. The lowest BCUT2D eigenvalue weighted by Crippen LogP contribution is -2.50. The number of aliphatic hydroxyl groups excluding tert-OH is 2. The average Bonchev–Trinajstić information content (AvgIpc) is 3.19. The number of rotatable bonds is 37. The maximum Gasteiger partial charge on any atom is 0.327 e. The highest BCUT2D eigenvalue weighted by Crippen LogP contribution is 2.24. The molecule has 5 unspecified atom stereocenters. The normalized spacial score (nSPS) is 14.6. The molecule has 0 radical (unpaired) electrons. The van der Waals surface area contributed by atoms with E-state index in [9.17, 15) is 58.2 Å². The molecule has 4 amide bonds. The number of amides is 4. The highest BCUT2D eigenvalue weighted by Gasteiger charge is 2.30. The van der Waals surface area contributed by atoms with Gasteiger partial charge in [0.1, 0.15) is 17.9 Å². The number of carboxylic acid groups (broad SMARTS) is 2. The predicted molar refractivity (Wildman–Crippen MR) is 253 cm³/mol. The number of hydrogen-bond acceptors (Lipinski definition) is 15. The van der Waals surface area contributed by atoms with Crippen LogP contribution in [0.1, 0.15) is 101 Å². The highest BCUT2D eigenvalue weighted by atomic mass is 32.2. The molecule has 0 saturated heterocycles. The zero-order chi connectivity index (χ0) is 50.0. The number of ketones is 1. The first-order valence-corrected chi connectivity index (χ1v) is 25.4. The summed E-state index contributed by atoms with van der Waals surface area (Å²) in [4.78, 5) is 85.0. The molecule has 0 aliphatic heterocycles.